The number of carbonyl (C=O) groups excluding carboxylic acids is 2. The first-order chi connectivity index (χ1) is 15.4. The van der Waals surface area contributed by atoms with Crippen LogP contribution in [-0.2, 0) is 14.3 Å². The van der Waals surface area contributed by atoms with Gasteiger partial charge < -0.3 is 25.8 Å². The van der Waals surface area contributed by atoms with E-state index in [1.165, 1.54) is 19.2 Å². The molecule has 1 aromatic heterocycles. The maximum absolute atomic E-state index is 12.3. The highest BCUT2D eigenvalue weighted by atomic mass is 19.1. The third-order valence-electron chi connectivity index (χ3n) is 4.33. The van der Waals surface area contributed by atoms with E-state index in [4.69, 9.17) is 15.2 Å². The van der Waals surface area contributed by atoms with Gasteiger partial charge in [0.1, 0.15) is 17.7 Å². The van der Waals surface area contributed by atoms with Gasteiger partial charge in [0.2, 0.25) is 6.41 Å². The van der Waals surface area contributed by atoms with E-state index in [1.54, 1.807) is 24.4 Å². The van der Waals surface area contributed by atoms with Crippen molar-refractivity contribution in [2.24, 2.45) is 5.73 Å². The van der Waals surface area contributed by atoms with Gasteiger partial charge in [0.05, 0.1) is 13.2 Å². The molecule has 176 valence electrons. The van der Waals surface area contributed by atoms with Crippen LogP contribution in [0.1, 0.15) is 31.9 Å². The number of pyridine rings is 1. The number of benzene rings is 1. The monoisotopic (exact) mass is 448 g/mol. The summed E-state index contributed by atoms with van der Waals surface area (Å²) in [5.41, 5.74) is 6.78. The van der Waals surface area contributed by atoms with Crippen molar-refractivity contribution in [1.29, 1.82) is 0 Å². The minimum Gasteiger partial charge on any atom is -0.497 e. The first-order valence-corrected chi connectivity index (χ1v) is 10.4. The van der Waals surface area contributed by atoms with Gasteiger partial charge in [-0.1, -0.05) is 6.07 Å². The Kier molecular flexibility index (Phi) is 13.3. The Bertz CT molecular complexity index is 822. The molecule has 2 atom stereocenters. The van der Waals surface area contributed by atoms with Crippen LogP contribution in [-0.4, -0.2) is 49.7 Å². The molecular weight excluding hydrogens is 415 g/mol. The van der Waals surface area contributed by atoms with Crippen molar-refractivity contribution >= 4 is 18.0 Å². The van der Waals surface area contributed by atoms with E-state index >= 15 is 0 Å². The summed E-state index contributed by atoms with van der Waals surface area (Å²) in [6.45, 7) is 5.22. The zero-order valence-corrected chi connectivity index (χ0v) is 18.8. The number of carbonyl (C=O) groups is 2. The molecule has 3 rings (SSSR count). The van der Waals surface area contributed by atoms with Crippen molar-refractivity contribution in [3.63, 3.8) is 0 Å². The fourth-order valence-electron chi connectivity index (χ4n) is 2.70. The van der Waals surface area contributed by atoms with Crippen LogP contribution >= 0.6 is 0 Å². The third-order valence-corrected chi connectivity index (χ3v) is 4.33. The number of nitrogens with two attached hydrogens (primary N) is 1. The lowest BCUT2D eigenvalue weighted by Gasteiger charge is -2.11. The molecule has 0 bridgehead atoms. The summed E-state index contributed by atoms with van der Waals surface area (Å²) in [6.07, 6.45) is 4.86. The Morgan fingerprint density at radius 2 is 2.12 bits per heavy atom. The maximum atomic E-state index is 12.3. The van der Waals surface area contributed by atoms with Gasteiger partial charge in [-0.15, -0.1) is 0 Å². The van der Waals surface area contributed by atoms with Crippen LogP contribution < -0.4 is 21.1 Å². The maximum Gasteiger partial charge on any atom is 0.253 e. The van der Waals surface area contributed by atoms with Crippen LogP contribution in [0.25, 0.3) is 0 Å². The largest absolute Gasteiger partial charge is 0.497 e. The van der Waals surface area contributed by atoms with Crippen molar-refractivity contribution in [3.05, 3.63) is 54.1 Å². The van der Waals surface area contributed by atoms with E-state index < -0.39 is 0 Å². The number of nitrogens with one attached hydrogen (secondary N) is 2. The topological polar surface area (TPSA) is 116 Å². The summed E-state index contributed by atoms with van der Waals surface area (Å²) in [7, 11) is 1.51. The van der Waals surface area contributed by atoms with Crippen LogP contribution in [0, 0.1) is 12.7 Å². The van der Waals surface area contributed by atoms with Crippen molar-refractivity contribution in [2.75, 3.05) is 25.5 Å². The second kappa shape index (κ2) is 15.7. The number of hydrogen-bond donors (Lipinski definition) is 3. The van der Waals surface area contributed by atoms with Crippen LogP contribution in [0.2, 0.25) is 0 Å². The Morgan fingerprint density at radius 1 is 1.34 bits per heavy atom. The molecule has 1 aromatic carbocycles. The van der Waals surface area contributed by atoms with E-state index in [2.05, 4.69) is 15.6 Å². The van der Waals surface area contributed by atoms with E-state index in [9.17, 15) is 14.0 Å². The molecule has 1 saturated heterocycles. The molecule has 8 nitrogen and oxygen atoms in total. The highest BCUT2D eigenvalue weighted by Gasteiger charge is 2.28. The lowest BCUT2D eigenvalue weighted by molar-refractivity contribution is -0.126. The van der Waals surface area contributed by atoms with Crippen molar-refractivity contribution in [1.82, 2.24) is 10.3 Å². The summed E-state index contributed by atoms with van der Waals surface area (Å²) in [4.78, 5) is 25.4. The average molecular weight is 449 g/mol. The Hall–Kier alpha value is -3.04. The number of anilines is 1. The first kappa shape index (κ1) is 27.0. The summed E-state index contributed by atoms with van der Waals surface area (Å²) >= 11 is 0. The van der Waals surface area contributed by atoms with Crippen molar-refractivity contribution in [3.8, 4) is 5.75 Å². The number of rotatable bonds is 7. The third kappa shape index (κ3) is 11.4. The number of ether oxygens (including phenoxy) is 2. The fraction of sp³-hybridized carbons (Fsp3) is 0.435. The predicted molar refractivity (Wildman–Crippen MR) is 122 cm³/mol. The van der Waals surface area contributed by atoms with Gasteiger partial charge in [-0.25, -0.2) is 4.39 Å². The van der Waals surface area contributed by atoms with Gasteiger partial charge in [0, 0.05) is 30.2 Å². The van der Waals surface area contributed by atoms with Gasteiger partial charge in [-0.05, 0) is 63.9 Å². The number of hydrogen-bond acceptors (Lipinski definition) is 6. The van der Waals surface area contributed by atoms with Gasteiger partial charge in [0.25, 0.3) is 5.91 Å². The molecule has 2 aromatic rings. The number of aryl methyl sites for hydroxylation is 1. The smallest absolute Gasteiger partial charge is 0.253 e. The first-order valence-electron chi connectivity index (χ1n) is 10.4. The number of aromatic nitrogens is 1. The Morgan fingerprint density at radius 3 is 2.66 bits per heavy atom. The molecule has 32 heavy (non-hydrogen) atoms. The number of halogens is 1. The number of amides is 2. The van der Waals surface area contributed by atoms with Crippen LogP contribution in [0.3, 0.4) is 0 Å². The molecule has 0 radical (unpaired) electrons. The molecule has 0 aliphatic carbocycles. The molecule has 9 heteroatoms. The molecule has 1 fully saturated rings. The molecular formula is C23H33FN4O4. The molecule has 2 heterocycles. The van der Waals surface area contributed by atoms with Crippen LogP contribution in [0.15, 0.2) is 42.6 Å². The fourth-order valence-corrected chi connectivity index (χ4v) is 2.70. The summed E-state index contributed by atoms with van der Waals surface area (Å²) < 4.78 is 22.5. The Labute approximate surface area is 188 Å². The molecule has 1 aliphatic heterocycles. The van der Waals surface area contributed by atoms with Gasteiger partial charge in [-0.3, -0.25) is 14.6 Å². The van der Waals surface area contributed by atoms with Crippen molar-refractivity contribution in [2.45, 2.75) is 45.3 Å². The van der Waals surface area contributed by atoms with Gasteiger partial charge in [-0.2, -0.15) is 0 Å². The average Bonchev–Trinajstić information content (AvgIpc) is 3.22. The quantitative estimate of drug-likeness (QED) is 0.443. The zero-order valence-electron chi connectivity index (χ0n) is 18.8. The van der Waals surface area contributed by atoms with E-state index in [-0.39, 0.29) is 23.9 Å². The number of nitrogens with zero attached hydrogens (tertiary/aromatic N) is 1. The van der Waals surface area contributed by atoms with E-state index in [0.29, 0.717) is 25.2 Å². The minimum absolute atomic E-state index is 0.0602. The SMILES string of the molecule is COc1cccc(F)c1.Cc1cc(NC(=O)C2CCC(C)O2)ccn1.NCCCNC=O. The van der Waals surface area contributed by atoms with E-state index in [0.717, 1.165) is 30.6 Å². The minimum atomic E-state index is -0.302. The number of methoxy groups -OCH3 is 1. The standard InChI is InChI=1S/C12H16N2O2.C7H7FO.C4H10N2O/c1-8-7-10(5-6-13-8)14-12(15)11-4-3-9(2)16-11;1-9-7-4-2-3-6(8)5-7;5-2-1-3-6-4-7/h5-7,9,11H,3-4H2,1-2H3,(H,13,14,15);2-5H,1H3;4H,1-3,5H2,(H,6,7). The van der Waals surface area contributed by atoms with Gasteiger partial charge in [0.15, 0.2) is 0 Å². The summed E-state index contributed by atoms with van der Waals surface area (Å²) in [5, 5.41) is 5.33. The van der Waals surface area contributed by atoms with Gasteiger partial charge >= 0.3 is 0 Å². The second-order valence-corrected chi connectivity index (χ2v) is 7.06. The predicted octanol–water partition coefficient (Wildman–Crippen LogP) is 2.81. The molecule has 0 spiro atoms. The van der Waals surface area contributed by atoms with E-state index in [1.807, 2.05) is 19.9 Å². The zero-order chi connectivity index (χ0) is 23.8. The van der Waals surface area contributed by atoms with Crippen LogP contribution in [0.4, 0.5) is 10.1 Å². The highest BCUT2D eigenvalue weighted by molar-refractivity contribution is 5.94. The molecule has 2 amide bonds. The summed E-state index contributed by atoms with van der Waals surface area (Å²) in [6, 6.07) is 9.64. The normalized spacial score (nSPS) is 16.5. The molecule has 0 saturated carbocycles. The lowest BCUT2D eigenvalue weighted by atomic mass is 10.2. The Balaban J connectivity index is 0.000000271. The molecule has 4 N–H and O–H groups in total. The van der Waals surface area contributed by atoms with Crippen LogP contribution in [0.5, 0.6) is 5.75 Å². The summed E-state index contributed by atoms with van der Waals surface area (Å²) in [5.74, 6) is 0.222. The molecule has 1 aliphatic rings. The second-order valence-electron chi connectivity index (χ2n) is 7.06. The van der Waals surface area contributed by atoms with Crippen molar-refractivity contribution < 1.29 is 23.5 Å². The highest BCUT2D eigenvalue weighted by Crippen LogP contribution is 2.20. The molecule has 2 unspecified atom stereocenters. The lowest BCUT2D eigenvalue weighted by Crippen LogP contribution is -2.27.